The molecule has 0 saturated carbocycles. The number of nitrogens with one attached hydrogen (secondary N) is 2. The average Bonchev–Trinajstić information content (AvgIpc) is 2.51. The van der Waals surface area contributed by atoms with Crippen LogP contribution in [0.25, 0.3) is 0 Å². The van der Waals surface area contributed by atoms with E-state index in [4.69, 9.17) is 4.74 Å². The maximum absolute atomic E-state index is 12.0. The molecule has 0 heterocycles. The first-order valence-electron chi connectivity index (χ1n) is 7.05. The summed E-state index contributed by atoms with van der Waals surface area (Å²) in [6.45, 7) is 3.86. The van der Waals surface area contributed by atoms with Crippen molar-refractivity contribution in [2.24, 2.45) is 0 Å². The maximum Gasteiger partial charge on any atom is 0.339 e. The van der Waals surface area contributed by atoms with E-state index < -0.39 is 24.5 Å². The van der Waals surface area contributed by atoms with Gasteiger partial charge in [-0.05, 0) is 24.3 Å². The van der Waals surface area contributed by atoms with Crippen LogP contribution in [0.5, 0.6) is 0 Å². The summed E-state index contributed by atoms with van der Waals surface area (Å²) >= 11 is 1.52. The molecule has 0 aromatic heterocycles. The zero-order chi connectivity index (χ0) is 16.4. The molecular weight excluding hydrogens is 304 g/mol. The van der Waals surface area contributed by atoms with E-state index in [-0.39, 0.29) is 0 Å². The van der Waals surface area contributed by atoms with Gasteiger partial charge in [0.1, 0.15) is 0 Å². The second-order valence-corrected chi connectivity index (χ2v) is 5.62. The summed E-state index contributed by atoms with van der Waals surface area (Å²) in [5.41, 5.74) is 0.414. The van der Waals surface area contributed by atoms with Crippen LogP contribution < -0.4 is 10.6 Å². The highest BCUT2D eigenvalue weighted by atomic mass is 32.2. The third-order valence-electron chi connectivity index (χ3n) is 2.53. The molecule has 7 heteroatoms. The fraction of sp³-hybridized carbons (Fsp3) is 0.400. The number of ether oxygens (including phenoxy) is 1. The minimum atomic E-state index is -0.664. The third-order valence-corrected chi connectivity index (χ3v) is 3.49. The minimum absolute atomic E-state index is 0.414. The molecule has 1 rings (SSSR count). The van der Waals surface area contributed by atoms with Crippen molar-refractivity contribution in [1.82, 2.24) is 10.6 Å². The van der Waals surface area contributed by atoms with Crippen LogP contribution in [0.3, 0.4) is 0 Å². The molecule has 120 valence electrons. The first-order valence-corrected chi connectivity index (χ1v) is 8.03. The van der Waals surface area contributed by atoms with Crippen LogP contribution in [0, 0.1) is 0 Å². The molecule has 0 aliphatic carbocycles. The summed E-state index contributed by atoms with van der Waals surface area (Å²) in [5.74, 6) is -0.425. The molecule has 0 saturated heterocycles. The summed E-state index contributed by atoms with van der Waals surface area (Å²) in [6, 6.07) is 6.44. The van der Waals surface area contributed by atoms with E-state index >= 15 is 0 Å². The molecule has 1 aromatic rings. The number of benzene rings is 1. The standard InChI is InChI=1S/C15H20N2O4S/c1-3-9-16-15(20)17-13(18)10-21-14(19)11-7-5-6-8-12(11)22-4-2/h5-8H,3-4,9-10H2,1-2H3,(H2,16,17,18,20). The number of carbonyl (C=O) groups excluding carboxylic acids is 3. The van der Waals surface area contributed by atoms with Crippen LogP contribution in [0.15, 0.2) is 29.2 Å². The molecule has 1 aromatic carbocycles. The summed E-state index contributed by atoms with van der Waals surface area (Å²) in [6.07, 6.45) is 0.766. The summed E-state index contributed by atoms with van der Waals surface area (Å²) in [5, 5.41) is 4.58. The van der Waals surface area contributed by atoms with Gasteiger partial charge in [0, 0.05) is 11.4 Å². The van der Waals surface area contributed by atoms with Crippen LogP contribution in [0.1, 0.15) is 30.6 Å². The van der Waals surface area contributed by atoms with Crippen LogP contribution in [-0.2, 0) is 9.53 Å². The highest BCUT2D eigenvalue weighted by Crippen LogP contribution is 2.22. The number of imide groups is 1. The highest BCUT2D eigenvalue weighted by Gasteiger charge is 2.15. The van der Waals surface area contributed by atoms with Crippen molar-refractivity contribution in [2.45, 2.75) is 25.2 Å². The molecule has 6 nitrogen and oxygen atoms in total. The first kappa shape index (κ1) is 18.0. The fourth-order valence-electron chi connectivity index (χ4n) is 1.57. The predicted octanol–water partition coefficient (Wildman–Crippen LogP) is 2.19. The van der Waals surface area contributed by atoms with Gasteiger partial charge in [-0.15, -0.1) is 11.8 Å². The van der Waals surface area contributed by atoms with E-state index in [0.29, 0.717) is 12.1 Å². The maximum atomic E-state index is 12.0. The van der Waals surface area contributed by atoms with Crippen molar-refractivity contribution in [3.63, 3.8) is 0 Å². The van der Waals surface area contributed by atoms with Gasteiger partial charge < -0.3 is 10.1 Å². The van der Waals surface area contributed by atoms with Crippen molar-refractivity contribution in [3.05, 3.63) is 29.8 Å². The Hall–Kier alpha value is -2.02. The number of thioether (sulfide) groups is 1. The Morgan fingerprint density at radius 1 is 1.18 bits per heavy atom. The SMILES string of the molecule is CCCNC(=O)NC(=O)COC(=O)c1ccccc1SCC. The molecule has 22 heavy (non-hydrogen) atoms. The number of hydrogen-bond acceptors (Lipinski definition) is 5. The summed E-state index contributed by atoms with van der Waals surface area (Å²) in [4.78, 5) is 35.6. The summed E-state index contributed by atoms with van der Waals surface area (Å²) < 4.78 is 4.94. The number of rotatable bonds is 7. The van der Waals surface area contributed by atoms with Crippen molar-refractivity contribution >= 4 is 29.7 Å². The quantitative estimate of drug-likeness (QED) is 0.593. The number of hydrogen-bond donors (Lipinski definition) is 2. The minimum Gasteiger partial charge on any atom is -0.452 e. The van der Waals surface area contributed by atoms with Gasteiger partial charge in [-0.3, -0.25) is 10.1 Å². The molecule has 0 aliphatic heterocycles. The lowest BCUT2D eigenvalue weighted by Crippen LogP contribution is -2.41. The van der Waals surface area contributed by atoms with Crippen LogP contribution in [-0.4, -0.2) is 36.8 Å². The largest absolute Gasteiger partial charge is 0.452 e. The molecule has 0 bridgehead atoms. The molecular formula is C15H20N2O4S. The van der Waals surface area contributed by atoms with Gasteiger partial charge in [0.05, 0.1) is 5.56 Å². The Kier molecular flexibility index (Phi) is 8.06. The Morgan fingerprint density at radius 2 is 1.91 bits per heavy atom. The lowest BCUT2D eigenvalue weighted by molar-refractivity contribution is -0.123. The second-order valence-electron chi connectivity index (χ2n) is 4.31. The fourth-order valence-corrected chi connectivity index (χ4v) is 2.36. The number of amides is 3. The molecule has 2 N–H and O–H groups in total. The second kappa shape index (κ2) is 9.83. The molecule has 0 fully saturated rings. The zero-order valence-corrected chi connectivity index (χ0v) is 13.5. The average molecular weight is 324 g/mol. The van der Waals surface area contributed by atoms with Crippen molar-refractivity contribution in [2.75, 3.05) is 18.9 Å². The Balaban J connectivity index is 2.49. The van der Waals surface area contributed by atoms with E-state index in [1.807, 2.05) is 26.0 Å². The van der Waals surface area contributed by atoms with Gasteiger partial charge in [0.25, 0.3) is 5.91 Å². The Morgan fingerprint density at radius 3 is 2.59 bits per heavy atom. The molecule has 3 amide bonds. The normalized spacial score (nSPS) is 9.91. The van der Waals surface area contributed by atoms with E-state index in [0.717, 1.165) is 17.1 Å². The Bertz CT molecular complexity index is 534. The van der Waals surface area contributed by atoms with E-state index in [9.17, 15) is 14.4 Å². The van der Waals surface area contributed by atoms with Gasteiger partial charge >= 0.3 is 12.0 Å². The predicted molar refractivity (Wildman–Crippen MR) is 85.0 cm³/mol. The van der Waals surface area contributed by atoms with E-state index in [1.165, 1.54) is 11.8 Å². The number of urea groups is 1. The zero-order valence-electron chi connectivity index (χ0n) is 12.7. The monoisotopic (exact) mass is 324 g/mol. The van der Waals surface area contributed by atoms with Gasteiger partial charge in [0.2, 0.25) is 0 Å². The smallest absolute Gasteiger partial charge is 0.339 e. The molecule has 0 aliphatic rings. The van der Waals surface area contributed by atoms with Gasteiger partial charge in [-0.1, -0.05) is 26.0 Å². The lowest BCUT2D eigenvalue weighted by atomic mass is 10.2. The van der Waals surface area contributed by atoms with Crippen LogP contribution in [0.4, 0.5) is 4.79 Å². The Labute approximate surface area is 134 Å². The van der Waals surface area contributed by atoms with Crippen LogP contribution >= 0.6 is 11.8 Å². The molecule has 0 spiro atoms. The van der Waals surface area contributed by atoms with Crippen molar-refractivity contribution < 1.29 is 19.1 Å². The third kappa shape index (κ3) is 6.17. The van der Waals surface area contributed by atoms with E-state index in [2.05, 4.69) is 10.6 Å². The number of esters is 1. The van der Waals surface area contributed by atoms with Gasteiger partial charge in [-0.25, -0.2) is 9.59 Å². The van der Waals surface area contributed by atoms with Crippen molar-refractivity contribution in [3.8, 4) is 0 Å². The van der Waals surface area contributed by atoms with Gasteiger partial charge in [-0.2, -0.15) is 0 Å². The first-order chi connectivity index (χ1) is 10.6. The summed E-state index contributed by atoms with van der Waals surface area (Å²) in [7, 11) is 0. The van der Waals surface area contributed by atoms with Crippen LogP contribution in [0.2, 0.25) is 0 Å². The molecule has 0 unspecified atom stereocenters. The highest BCUT2D eigenvalue weighted by molar-refractivity contribution is 7.99. The molecule has 0 radical (unpaired) electrons. The number of carbonyl (C=O) groups is 3. The molecule has 0 atom stereocenters. The van der Waals surface area contributed by atoms with E-state index in [1.54, 1.807) is 12.1 Å². The van der Waals surface area contributed by atoms with Gasteiger partial charge in [0.15, 0.2) is 6.61 Å². The topological polar surface area (TPSA) is 84.5 Å². The lowest BCUT2D eigenvalue weighted by Gasteiger charge is -2.09. The van der Waals surface area contributed by atoms with Crippen molar-refractivity contribution in [1.29, 1.82) is 0 Å².